The molecule has 4 nitrogen and oxygen atoms in total. The van der Waals surface area contributed by atoms with Gasteiger partial charge in [-0.25, -0.2) is 4.98 Å². The largest absolute Gasteiger partial charge is 0.398 e. The molecule has 0 unspecified atom stereocenters. The molecule has 3 aromatic carbocycles. The molecule has 25 heavy (non-hydrogen) atoms. The zero-order valence-corrected chi connectivity index (χ0v) is 13.6. The van der Waals surface area contributed by atoms with Crippen LogP contribution >= 0.6 is 0 Å². The number of fused-ring (bicyclic) bond motifs is 1. The number of anilines is 1. The second kappa shape index (κ2) is 6.14. The summed E-state index contributed by atoms with van der Waals surface area (Å²) in [4.78, 5) is 4.79. The summed E-state index contributed by atoms with van der Waals surface area (Å²) in [5, 5.41) is 9.25. The molecule has 0 aliphatic carbocycles. The molecule has 1 heterocycles. The van der Waals surface area contributed by atoms with Crippen molar-refractivity contribution in [2.75, 3.05) is 5.73 Å². The van der Waals surface area contributed by atoms with E-state index < -0.39 is 0 Å². The van der Waals surface area contributed by atoms with Crippen LogP contribution in [-0.4, -0.2) is 9.55 Å². The number of benzene rings is 3. The molecule has 0 radical (unpaired) electrons. The van der Waals surface area contributed by atoms with Gasteiger partial charge in [-0.15, -0.1) is 0 Å². The average molecular weight is 324 g/mol. The van der Waals surface area contributed by atoms with Gasteiger partial charge < -0.3 is 10.3 Å². The first-order valence-electron chi connectivity index (χ1n) is 8.05. The average Bonchev–Trinajstić information content (AvgIpc) is 3.00. The third-order valence-corrected chi connectivity index (χ3v) is 4.26. The summed E-state index contributed by atoms with van der Waals surface area (Å²) in [5.41, 5.74) is 11.3. The summed E-state index contributed by atoms with van der Waals surface area (Å²) in [5.74, 6) is 0.812. The predicted molar refractivity (Wildman–Crippen MR) is 99.8 cm³/mol. The lowest BCUT2D eigenvalue weighted by atomic mass is 10.1. The van der Waals surface area contributed by atoms with Crippen LogP contribution in [0.5, 0.6) is 0 Å². The number of nitrogen functional groups attached to an aromatic ring is 1. The molecule has 0 saturated heterocycles. The van der Waals surface area contributed by atoms with Crippen LogP contribution in [0.2, 0.25) is 0 Å². The maximum absolute atomic E-state index is 9.25. The van der Waals surface area contributed by atoms with Crippen molar-refractivity contribution in [3.63, 3.8) is 0 Å². The number of nitrogens with zero attached hydrogens (tertiary/aromatic N) is 3. The molecule has 2 N–H and O–H groups in total. The minimum Gasteiger partial charge on any atom is -0.398 e. The Morgan fingerprint density at radius 1 is 0.960 bits per heavy atom. The lowest BCUT2D eigenvalue weighted by molar-refractivity contribution is 0.834. The minimum absolute atomic E-state index is 0.620. The van der Waals surface area contributed by atoms with E-state index in [0.29, 0.717) is 17.8 Å². The molecule has 0 atom stereocenters. The quantitative estimate of drug-likeness (QED) is 0.574. The number of nitriles is 1. The number of para-hydroxylation sites is 1. The first kappa shape index (κ1) is 15.0. The van der Waals surface area contributed by atoms with Crippen LogP contribution in [0.1, 0.15) is 11.1 Å². The van der Waals surface area contributed by atoms with Gasteiger partial charge in [-0.1, -0.05) is 42.5 Å². The molecule has 0 fully saturated rings. The van der Waals surface area contributed by atoms with E-state index in [-0.39, 0.29) is 0 Å². The third kappa shape index (κ3) is 2.73. The summed E-state index contributed by atoms with van der Waals surface area (Å²) in [6.07, 6.45) is 0. The molecule has 4 heteroatoms. The van der Waals surface area contributed by atoms with Crippen LogP contribution in [-0.2, 0) is 6.54 Å². The van der Waals surface area contributed by atoms with Crippen molar-refractivity contribution in [1.82, 2.24) is 9.55 Å². The van der Waals surface area contributed by atoms with Gasteiger partial charge in [0.1, 0.15) is 5.82 Å². The smallest absolute Gasteiger partial charge is 0.143 e. The molecule has 0 aliphatic heterocycles. The van der Waals surface area contributed by atoms with Crippen LogP contribution in [0.4, 0.5) is 5.69 Å². The Kier molecular flexibility index (Phi) is 3.68. The van der Waals surface area contributed by atoms with E-state index in [1.807, 2.05) is 54.6 Å². The van der Waals surface area contributed by atoms with Gasteiger partial charge in [0.05, 0.1) is 22.7 Å². The highest BCUT2D eigenvalue weighted by atomic mass is 15.1. The lowest BCUT2D eigenvalue weighted by Gasteiger charge is -2.11. The van der Waals surface area contributed by atoms with Crippen molar-refractivity contribution >= 4 is 16.7 Å². The predicted octanol–water partition coefficient (Wildman–Crippen LogP) is 4.21. The SMILES string of the molecule is N#Cc1ccc2nc(-c3ccccc3N)n(Cc3ccccc3)c2c1. The second-order valence-corrected chi connectivity index (χ2v) is 5.91. The molecule has 4 rings (SSSR count). The summed E-state index contributed by atoms with van der Waals surface area (Å²) >= 11 is 0. The highest BCUT2D eigenvalue weighted by Crippen LogP contribution is 2.30. The van der Waals surface area contributed by atoms with Crippen molar-refractivity contribution in [2.24, 2.45) is 0 Å². The Hall–Kier alpha value is -3.58. The summed E-state index contributed by atoms with van der Waals surface area (Å²) in [6, 6.07) is 25.7. The van der Waals surface area contributed by atoms with E-state index >= 15 is 0 Å². The molecule has 0 bridgehead atoms. The molecule has 0 aliphatic rings. The maximum Gasteiger partial charge on any atom is 0.143 e. The first-order valence-corrected chi connectivity index (χ1v) is 8.05. The molecule has 1 aromatic heterocycles. The van der Waals surface area contributed by atoms with Gasteiger partial charge in [-0.2, -0.15) is 5.26 Å². The van der Waals surface area contributed by atoms with Crippen molar-refractivity contribution in [3.8, 4) is 17.5 Å². The van der Waals surface area contributed by atoms with Crippen molar-refractivity contribution in [2.45, 2.75) is 6.54 Å². The zero-order chi connectivity index (χ0) is 17.2. The van der Waals surface area contributed by atoms with Crippen LogP contribution in [0.15, 0.2) is 72.8 Å². The fraction of sp³-hybridized carbons (Fsp3) is 0.0476. The summed E-state index contributed by atoms with van der Waals surface area (Å²) < 4.78 is 2.12. The van der Waals surface area contributed by atoms with Crippen LogP contribution < -0.4 is 5.73 Å². The number of aromatic nitrogens is 2. The third-order valence-electron chi connectivity index (χ3n) is 4.26. The van der Waals surface area contributed by atoms with Gasteiger partial charge in [0, 0.05) is 17.8 Å². The molecule has 0 spiro atoms. The van der Waals surface area contributed by atoms with Gasteiger partial charge in [0.15, 0.2) is 0 Å². The van der Waals surface area contributed by atoms with Gasteiger partial charge in [0.25, 0.3) is 0 Å². The number of imidazole rings is 1. The van der Waals surface area contributed by atoms with Crippen molar-refractivity contribution < 1.29 is 0 Å². The maximum atomic E-state index is 9.25. The highest BCUT2D eigenvalue weighted by molar-refractivity contribution is 5.84. The van der Waals surface area contributed by atoms with Crippen molar-refractivity contribution in [1.29, 1.82) is 5.26 Å². The summed E-state index contributed by atoms with van der Waals surface area (Å²) in [6.45, 7) is 0.663. The lowest BCUT2D eigenvalue weighted by Crippen LogP contribution is -2.03. The van der Waals surface area contributed by atoms with Crippen LogP contribution in [0, 0.1) is 11.3 Å². The molecular formula is C21H16N4. The minimum atomic E-state index is 0.620. The molecular weight excluding hydrogens is 308 g/mol. The Bertz CT molecular complexity index is 1090. The topological polar surface area (TPSA) is 67.6 Å². The molecule has 4 aromatic rings. The van der Waals surface area contributed by atoms with E-state index in [1.165, 1.54) is 5.56 Å². The Morgan fingerprint density at radius 3 is 2.48 bits per heavy atom. The van der Waals surface area contributed by atoms with E-state index in [0.717, 1.165) is 22.4 Å². The monoisotopic (exact) mass is 324 g/mol. The number of hydrogen-bond donors (Lipinski definition) is 1. The first-order chi connectivity index (χ1) is 12.3. The number of hydrogen-bond acceptors (Lipinski definition) is 3. The van der Waals surface area contributed by atoms with Crippen LogP contribution in [0.3, 0.4) is 0 Å². The summed E-state index contributed by atoms with van der Waals surface area (Å²) in [7, 11) is 0. The second-order valence-electron chi connectivity index (χ2n) is 5.91. The van der Waals surface area contributed by atoms with Gasteiger partial charge >= 0.3 is 0 Å². The van der Waals surface area contributed by atoms with E-state index in [4.69, 9.17) is 10.7 Å². The number of rotatable bonds is 3. The fourth-order valence-electron chi connectivity index (χ4n) is 3.02. The zero-order valence-electron chi connectivity index (χ0n) is 13.6. The van der Waals surface area contributed by atoms with Gasteiger partial charge in [-0.05, 0) is 35.9 Å². The number of nitrogens with two attached hydrogens (primary N) is 1. The van der Waals surface area contributed by atoms with Crippen LogP contribution in [0.25, 0.3) is 22.4 Å². The van der Waals surface area contributed by atoms with Crippen molar-refractivity contribution in [3.05, 3.63) is 83.9 Å². The molecule has 120 valence electrons. The van der Waals surface area contributed by atoms with Gasteiger partial charge in [0.2, 0.25) is 0 Å². The van der Waals surface area contributed by atoms with Gasteiger partial charge in [-0.3, -0.25) is 0 Å². The fourth-order valence-corrected chi connectivity index (χ4v) is 3.02. The van der Waals surface area contributed by atoms with E-state index in [9.17, 15) is 5.26 Å². The van der Waals surface area contributed by atoms with E-state index in [1.54, 1.807) is 6.07 Å². The normalized spacial score (nSPS) is 10.7. The Labute approximate surface area is 145 Å². The Balaban J connectivity index is 1.97. The Morgan fingerprint density at radius 2 is 1.72 bits per heavy atom. The molecule has 0 saturated carbocycles. The standard InChI is InChI=1S/C21H16N4/c22-13-16-10-11-19-20(12-16)25(14-15-6-2-1-3-7-15)21(24-19)17-8-4-5-9-18(17)23/h1-12H,14,23H2. The highest BCUT2D eigenvalue weighted by Gasteiger charge is 2.15. The van der Waals surface area contributed by atoms with E-state index in [2.05, 4.69) is 22.8 Å². The molecule has 0 amide bonds.